The average Bonchev–Trinajstić information content (AvgIpc) is 3.23. The van der Waals surface area contributed by atoms with Crippen LogP contribution in [0.25, 0.3) is 0 Å². The molecule has 1 fully saturated rings. The van der Waals surface area contributed by atoms with Gasteiger partial charge in [0.2, 0.25) is 5.91 Å². The second-order valence-corrected chi connectivity index (χ2v) is 9.50. The summed E-state index contributed by atoms with van der Waals surface area (Å²) in [6.07, 6.45) is 7.58. The van der Waals surface area contributed by atoms with Gasteiger partial charge in [-0.25, -0.2) is 9.79 Å². The summed E-state index contributed by atoms with van der Waals surface area (Å²) in [5, 5.41) is 2.77. The van der Waals surface area contributed by atoms with Crippen LogP contribution in [-0.2, 0) is 14.3 Å². The first kappa shape index (κ1) is 23.4. The summed E-state index contributed by atoms with van der Waals surface area (Å²) >= 11 is 1.50. The van der Waals surface area contributed by atoms with E-state index in [4.69, 9.17) is 9.73 Å². The van der Waals surface area contributed by atoms with Crippen LogP contribution in [-0.4, -0.2) is 46.5 Å². The predicted octanol–water partition coefficient (Wildman–Crippen LogP) is 5.17. The van der Waals surface area contributed by atoms with E-state index in [1.165, 1.54) is 31.0 Å². The van der Waals surface area contributed by atoms with Gasteiger partial charge in [0.05, 0.1) is 23.7 Å². The van der Waals surface area contributed by atoms with Crippen molar-refractivity contribution in [2.45, 2.75) is 57.5 Å². The van der Waals surface area contributed by atoms with Gasteiger partial charge >= 0.3 is 5.97 Å². The fourth-order valence-corrected chi connectivity index (χ4v) is 5.71. The largest absolute Gasteiger partial charge is 0.458 e. The molecule has 6 nitrogen and oxygen atoms in total. The Labute approximate surface area is 200 Å². The van der Waals surface area contributed by atoms with Crippen LogP contribution in [0.1, 0.15) is 57.1 Å². The minimum Gasteiger partial charge on any atom is -0.458 e. The lowest BCUT2D eigenvalue weighted by atomic mass is 9.93. The van der Waals surface area contributed by atoms with Gasteiger partial charge in [0, 0.05) is 18.8 Å². The normalized spacial score (nSPS) is 20.7. The van der Waals surface area contributed by atoms with Gasteiger partial charge in [-0.3, -0.25) is 4.79 Å². The summed E-state index contributed by atoms with van der Waals surface area (Å²) in [6.45, 7) is 5.61. The second kappa shape index (κ2) is 10.4. The van der Waals surface area contributed by atoms with E-state index in [0.29, 0.717) is 17.3 Å². The number of thioether (sulfide) groups is 1. The maximum Gasteiger partial charge on any atom is 0.338 e. The molecule has 1 atom stereocenters. The Morgan fingerprint density at radius 3 is 2.67 bits per heavy atom. The molecule has 1 saturated carbocycles. The molecule has 0 radical (unpaired) electrons. The molecule has 33 heavy (non-hydrogen) atoms. The summed E-state index contributed by atoms with van der Waals surface area (Å²) in [6, 6.07) is 9.77. The first-order chi connectivity index (χ1) is 16.0. The minimum absolute atomic E-state index is 0.101. The monoisotopic (exact) mass is 465 g/mol. The molecule has 0 aromatic heterocycles. The number of benzene rings is 1. The van der Waals surface area contributed by atoms with Crippen LogP contribution >= 0.6 is 11.8 Å². The van der Waals surface area contributed by atoms with Gasteiger partial charge in [0.25, 0.3) is 0 Å². The van der Waals surface area contributed by atoms with E-state index in [9.17, 15) is 9.59 Å². The van der Waals surface area contributed by atoms with Crippen LogP contribution in [0.2, 0.25) is 0 Å². The zero-order chi connectivity index (χ0) is 23.4. The zero-order valence-corrected chi connectivity index (χ0v) is 20.1. The van der Waals surface area contributed by atoms with Gasteiger partial charge in [-0.15, -0.1) is 0 Å². The molecule has 0 N–H and O–H groups in total. The van der Waals surface area contributed by atoms with Gasteiger partial charge in [0.1, 0.15) is 6.61 Å². The number of hydrogen-bond donors (Lipinski definition) is 0. The fraction of sp³-hybridized carbons (Fsp3) is 0.423. The third-order valence-electron chi connectivity index (χ3n) is 6.52. The van der Waals surface area contributed by atoms with E-state index in [0.717, 1.165) is 29.3 Å². The van der Waals surface area contributed by atoms with Crippen molar-refractivity contribution in [1.82, 2.24) is 9.80 Å². The van der Waals surface area contributed by atoms with Gasteiger partial charge < -0.3 is 14.5 Å². The van der Waals surface area contributed by atoms with Crippen molar-refractivity contribution in [3.63, 3.8) is 0 Å². The molecule has 0 saturated heterocycles. The summed E-state index contributed by atoms with van der Waals surface area (Å²) in [7, 11) is 1.92. The van der Waals surface area contributed by atoms with Crippen molar-refractivity contribution in [2.24, 2.45) is 4.99 Å². The molecule has 1 aromatic carbocycles. The molecule has 1 amide bonds. The number of hydrogen-bond acceptors (Lipinski definition) is 6. The number of rotatable bonds is 7. The molecule has 0 bridgehead atoms. The number of allylic oxidation sites excluding steroid dienone is 1. The molecular weight excluding hydrogens is 434 g/mol. The van der Waals surface area contributed by atoms with Crippen LogP contribution in [0.15, 0.2) is 70.4 Å². The van der Waals surface area contributed by atoms with E-state index in [-0.39, 0.29) is 18.9 Å². The average molecular weight is 466 g/mol. The number of fused-ring (bicyclic) bond motifs is 1. The van der Waals surface area contributed by atoms with Crippen molar-refractivity contribution >= 4 is 28.8 Å². The van der Waals surface area contributed by atoms with Gasteiger partial charge in [-0.2, -0.15) is 0 Å². The van der Waals surface area contributed by atoms with E-state index >= 15 is 0 Å². The third kappa shape index (κ3) is 4.93. The van der Waals surface area contributed by atoms with Crippen LogP contribution in [0.5, 0.6) is 0 Å². The van der Waals surface area contributed by atoms with Crippen molar-refractivity contribution in [3.8, 4) is 0 Å². The second-order valence-electron chi connectivity index (χ2n) is 8.66. The summed E-state index contributed by atoms with van der Waals surface area (Å²) < 4.78 is 5.42. The Morgan fingerprint density at radius 2 is 1.97 bits per heavy atom. The molecule has 3 aliphatic rings. The number of aliphatic imine (C=N–C) groups is 1. The third-order valence-corrected chi connectivity index (χ3v) is 7.41. The lowest BCUT2D eigenvalue weighted by Crippen LogP contribution is -2.41. The quantitative estimate of drug-likeness (QED) is 0.411. The molecule has 174 valence electrons. The Hall–Kier alpha value is -2.80. The molecule has 1 unspecified atom stereocenters. The first-order valence-corrected chi connectivity index (χ1v) is 12.4. The lowest BCUT2D eigenvalue weighted by molar-refractivity contribution is -0.138. The molecule has 0 spiro atoms. The van der Waals surface area contributed by atoms with E-state index in [1.54, 1.807) is 6.08 Å². The highest BCUT2D eigenvalue weighted by Gasteiger charge is 2.41. The molecule has 2 aliphatic heterocycles. The van der Waals surface area contributed by atoms with E-state index in [2.05, 4.69) is 6.58 Å². The van der Waals surface area contributed by atoms with Gasteiger partial charge in [0.15, 0.2) is 5.17 Å². The first-order valence-electron chi connectivity index (χ1n) is 11.5. The zero-order valence-electron chi connectivity index (χ0n) is 19.3. The van der Waals surface area contributed by atoms with Crippen molar-refractivity contribution < 1.29 is 14.3 Å². The van der Waals surface area contributed by atoms with Crippen LogP contribution in [0, 0.1) is 0 Å². The minimum atomic E-state index is -0.411. The number of amidine groups is 1. The van der Waals surface area contributed by atoms with Crippen LogP contribution < -0.4 is 0 Å². The molecular formula is C26H31N3O3S. The summed E-state index contributed by atoms with van der Waals surface area (Å²) in [5.41, 5.74) is 2.95. The molecule has 1 aromatic rings. The summed E-state index contributed by atoms with van der Waals surface area (Å²) in [5.74, 6) is -0.310. The fourth-order valence-electron chi connectivity index (χ4n) is 4.75. The number of esters is 1. The predicted molar refractivity (Wildman–Crippen MR) is 132 cm³/mol. The maximum absolute atomic E-state index is 13.2. The van der Waals surface area contributed by atoms with Crippen LogP contribution in [0.4, 0.5) is 0 Å². The van der Waals surface area contributed by atoms with Gasteiger partial charge in [-0.05, 0) is 30.7 Å². The van der Waals surface area contributed by atoms with Crippen LogP contribution in [0.3, 0.4) is 0 Å². The standard InChI is InChI=1S/C26H31N3O3S/c1-4-15-32-25(31)23-18(2)27-26-29(24(23)19-11-7-5-8-12-19)21(17-33-26)16-22(30)28(3)20-13-9-6-10-14-20/h4-5,7-8,11-12,17,20,24H,1,6,9-10,13-16H2,2-3H3. The number of amides is 1. The molecule has 4 rings (SSSR count). The van der Waals surface area contributed by atoms with E-state index in [1.807, 2.05) is 59.5 Å². The molecule has 1 aliphatic carbocycles. The summed E-state index contributed by atoms with van der Waals surface area (Å²) in [4.78, 5) is 34.9. The van der Waals surface area contributed by atoms with Crippen molar-refractivity contribution in [1.29, 1.82) is 0 Å². The van der Waals surface area contributed by atoms with Gasteiger partial charge in [-0.1, -0.05) is 74.0 Å². The van der Waals surface area contributed by atoms with Crippen molar-refractivity contribution in [3.05, 3.63) is 70.9 Å². The highest BCUT2D eigenvalue weighted by atomic mass is 32.2. The van der Waals surface area contributed by atoms with Crippen molar-refractivity contribution in [2.75, 3.05) is 13.7 Å². The highest BCUT2D eigenvalue weighted by Crippen LogP contribution is 2.45. The SMILES string of the molecule is C=CCOC(=O)C1=C(C)N=C2SC=C(CC(=O)N(C)C3CCCCC3)N2C1c1ccccc1. The Balaban J connectivity index is 1.63. The molecule has 2 heterocycles. The topological polar surface area (TPSA) is 62.2 Å². The molecule has 7 heteroatoms. The number of ether oxygens (including phenoxy) is 1. The maximum atomic E-state index is 13.2. The lowest BCUT2D eigenvalue weighted by Gasteiger charge is -2.37. The number of carbonyl (C=O) groups excluding carboxylic acids is 2. The number of nitrogens with zero attached hydrogens (tertiary/aromatic N) is 3. The highest BCUT2D eigenvalue weighted by molar-refractivity contribution is 8.16. The smallest absolute Gasteiger partial charge is 0.338 e. The Kier molecular flexibility index (Phi) is 7.38. The Morgan fingerprint density at radius 1 is 1.24 bits per heavy atom. The van der Waals surface area contributed by atoms with E-state index < -0.39 is 12.0 Å². The Bertz CT molecular complexity index is 1010. The number of carbonyl (C=O) groups is 2.